The minimum absolute atomic E-state index is 0.214. The Bertz CT molecular complexity index is 977. The summed E-state index contributed by atoms with van der Waals surface area (Å²) in [5, 5.41) is 0. The largest absolute Gasteiger partial charge is 0.381 e. The van der Waals surface area contributed by atoms with Crippen molar-refractivity contribution in [2.24, 2.45) is 5.41 Å². The van der Waals surface area contributed by atoms with Crippen LogP contribution in [0.2, 0.25) is 0 Å². The van der Waals surface area contributed by atoms with Gasteiger partial charge in [0.25, 0.3) is 0 Å². The third-order valence-electron chi connectivity index (χ3n) is 8.35. The van der Waals surface area contributed by atoms with Gasteiger partial charge in [-0.05, 0) is 49.7 Å². The van der Waals surface area contributed by atoms with E-state index in [1.54, 1.807) is 0 Å². The van der Waals surface area contributed by atoms with Crippen LogP contribution in [0.4, 0.5) is 0 Å². The van der Waals surface area contributed by atoms with Crippen molar-refractivity contribution >= 4 is 11.8 Å². The average Bonchev–Trinajstić information content (AvgIpc) is 3.10. The highest BCUT2D eigenvalue weighted by Crippen LogP contribution is 2.46. The molecule has 3 heterocycles. The molecule has 3 fully saturated rings. The van der Waals surface area contributed by atoms with E-state index in [0.29, 0.717) is 26.3 Å². The lowest BCUT2D eigenvalue weighted by molar-refractivity contribution is -0.147. The second kappa shape index (κ2) is 8.94. The third-order valence-corrected chi connectivity index (χ3v) is 8.35. The van der Waals surface area contributed by atoms with E-state index in [1.807, 2.05) is 41.1 Å². The van der Waals surface area contributed by atoms with Gasteiger partial charge in [-0.25, -0.2) is 0 Å². The zero-order valence-corrected chi connectivity index (χ0v) is 19.5. The highest BCUT2D eigenvalue weighted by Gasteiger charge is 2.53. The molecule has 3 aliphatic rings. The molecule has 0 aliphatic carbocycles. The van der Waals surface area contributed by atoms with Gasteiger partial charge in [-0.15, -0.1) is 0 Å². The summed E-state index contributed by atoms with van der Waals surface area (Å²) in [4.78, 5) is 31.3. The molecule has 33 heavy (non-hydrogen) atoms. The SMILES string of the molecule is CN1C(=O)C2(CCN(C(=O)C3(c4ccccc4)CCOCC3)CC2)C[C@H]1Cc1ccccc1. The molecule has 5 heteroatoms. The minimum atomic E-state index is -0.504. The van der Waals surface area contributed by atoms with Gasteiger partial charge in [0, 0.05) is 39.4 Å². The number of nitrogens with zero attached hydrogens (tertiary/aromatic N) is 2. The van der Waals surface area contributed by atoms with Crippen LogP contribution in [0.15, 0.2) is 60.7 Å². The van der Waals surface area contributed by atoms with Crippen LogP contribution in [0.5, 0.6) is 0 Å². The number of amides is 2. The van der Waals surface area contributed by atoms with Crippen LogP contribution in [0.3, 0.4) is 0 Å². The molecule has 0 unspecified atom stereocenters. The van der Waals surface area contributed by atoms with Crippen LogP contribution in [0.25, 0.3) is 0 Å². The van der Waals surface area contributed by atoms with Gasteiger partial charge in [0.1, 0.15) is 0 Å². The predicted octanol–water partition coefficient (Wildman–Crippen LogP) is 3.82. The first-order valence-electron chi connectivity index (χ1n) is 12.3. The summed E-state index contributed by atoms with van der Waals surface area (Å²) in [5.74, 6) is 0.478. The maximum atomic E-state index is 13.9. The van der Waals surface area contributed by atoms with Crippen molar-refractivity contribution in [3.8, 4) is 0 Å². The fraction of sp³-hybridized carbons (Fsp3) is 0.500. The molecule has 5 nitrogen and oxygen atoms in total. The van der Waals surface area contributed by atoms with Gasteiger partial charge in [-0.2, -0.15) is 0 Å². The number of rotatable bonds is 4. The van der Waals surface area contributed by atoms with E-state index in [1.165, 1.54) is 5.56 Å². The summed E-state index contributed by atoms with van der Waals surface area (Å²) in [6, 6.07) is 20.9. The van der Waals surface area contributed by atoms with Crippen molar-refractivity contribution in [2.45, 2.75) is 50.0 Å². The van der Waals surface area contributed by atoms with Crippen LogP contribution in [-0.2, 0) is 26.2 Å². The summed E-state index contributed by atoms with van der Waals surface area (Å²) in [6.45, 7) is 2.55. The monoisotopic (exact) mass is 446 g/mol. The molecule has 3 aliphatic heterocycles. The number of hydrogen-bond acceptors (Lipinski definition) is 3. The van der Waals surface area contributed by atoms with Gasteiger partial charge in [-0.1, -0.05) is 60.7 Å². The third kappa shape index (κ3) is 3.97. The van der Waals surface area contributed by atoms with Crippen molar-refractivity contribution in [1.82, 2.24) is 9.80 Å². The molecule has 5 rings (SSSR count). The molecule has 0 bridgehead atoms. The average molecular weight is 447 g/mol. The summed E-state index contributed by atoms with van der Waals surface area (Å²) in [7, 11) is 1.95. The van der Waals surface area contributed by atoms with Gasteiger partial charge in [0.2, 0.25) is 11.8 Å². The lowest BCUT2D eigenvalue weighted by Crippen LogP contribution is -2.54. The Morgan fingerprint density at radius 3 is 2.18 bits per heavy atom. The highest BCUT2D eigenvalue weighted by molar-refractivity contribution is 5.89. The first-order chi connectivity index (χ1) is 16.0. The summed E-state index contributed by atoms with van der Waals surface area (Å²) >= 11 is 0. The first kappa shape index (κ1) is 22.1. The Hall–Kier alpha value is -2.66. The molecule has 0 saturated carbocycles. The standard InChI is InChI=1S/C28H34N2O3/c1-29-24(20-22-8-4-2-5-9-22)21-27(25(29)31)12-16-30(17-13-27)26(32)28(14-18-33-19-15-28)23-10-6-3-7-11-23/h2-11,24H,12-21H2,1H3/t24-/m1/s1. The van der Waals surface area contributed by atoms with Crippen LogP contribution in [0.1, 0.15) is 43.2 Å². The summed E-state index contributed by atoms with van der Waals surface area (Å²) < 4.78 is 5.63. The lowest BCUT2D eigenvalue weighted by atomic mass is 9.71. The summed E-state index contributed by atoms with van der Waals surface area (Å²) in [5.41, 5.74) is 1.55. The molecule has 0 N–H and O–H groups in total. The van der Waals surface area contributed by atoms with Crippen molar-refractivity contribution < 1.29 is 14.3 Å². The Morgan fingerprint density at radius 1 is 0.939 bits per heavy atom. The number of ether oxygens (including phenoxy) is 1. The maximum Gasteiger partial charge on any atom is 0.233 e. The summed E-state index contributed by atoms with van der Waals surface area (Å²) in [6.07, 6.45) is 4.74. The van der Waals surface area contributed by atoms with E-state index in [0.717, 1.165) is 44.1 Å². The van der Waals surface area contributed by atoms with Gasteiger partial charge >= 0.3 is 0 Å². The number of carbonyl (C=O) groups is 2. The van der Waals surface area contributed by atoms with Crippen molar-refractivity contribution in [2.75, 3.05) is 33.4 Å². The molecular formula is C28H34N2O3. The highest BCUT2D eigenvalue weighted by atomic mass is 16.5. The molecule has 2 aromatic carbocycles. The van der Waals surface area contributed by atoms with Gasteiger partial charge in [0.15, 0.2) is 0 Å². The predicted molar refractivity (Wildman–Crippen MR) is 128 cm³/mol. The minimum Gasteiger partial charge on any atom is -0.381 e. The Morgan fingerprint density at radius 2 is 1.55 bits per heavy atom. The number of hydrogen-bond donors (Lipinski definition) is 0. The molecule has 0 aromatic heterocycles. The molecule has 2 aromatic rings. The van der Waals surface area contributed by atoms with Crippen LogP contribution < -0.4 is 0 Å². The van der Waals surface area contributed by atoms with E-state index in [2.05, 4.69) is 36.4 Å². The maximum absolute atomic E-state index is 13.9. The molecule has 0 radical (unpaired) electrons. The van der Waals surface area contributed by atoms with Gasteiger partial charge in [-0.3, -0.25) is 9.59 Å². The Balaban J connectivity index is 1.30. The van der Waals surface area contributed by atoms with Gasteiger partial charge < -0.3 is 14.5 Å². The molecule has 3 saturated heterocycles. The van der Waals surface area contributed by atoms with Gasteiger partial charge in [0.05, 0.1) is 10.8 Å². The fourth-order valence-electron chi connectivity index (χ4n) is 6.27. The Labute approximate surface area is 196 Å². The van der Waals surface area contributed by atoms with E-state index in [-0.39, 0.29) is 23.3 Å². The van der Waals surface area contributed by atoms with E-state index < -0.39 is 5.41 Å². The zero-order valence-electron chi connectivity index (χ0n) is 19.5. The zero-order chi connectivity index (χ0) is 22.9. The number of likely N-dealkylation sites (N-methyl/N-ethyl adjacent to an activating group) is 1. The van der Waals surface area contributed by atoms with Crippen LogP contribution in [-0.4, -0.2) is 61.0 Å². The topological polar surface area (TPSA) is 49.9 Å². The van der Waals surface area contributed by atoms with E-state index in [4.69, 9.17) is 4.74 Å². The number of piperidine rings is 1. The van der Waals surface area contributed by atoms with Crippen LogP contribution >= 0.6 is 0 Å². The quantitative estimate of drug-likeness (QED) is 0.718. The fourth-order valence-corrected chi connectivity index (χ4v) is 6.27. The molecule has 2 amide bonds. The van der Waals surface area contributed by atoms with E-state index >= 15 is 0 Å². The lowest BCUT2D eigenvalue weighted by Gasteiger charge is -2.44. The second-order valence-corrected chi connectivity index (χ2v) is 10.1. The smallest absolute Gasteiger partial charge is 0.233 e. The van der Waals surface area contributed by atoms with Crippen molar-refractivity contribution in [3.63, 3.8) is 0 Å². The molecule has 1 atom stereocenters. The van der Waals surface area contributed by atoms with Crippen LogP contribution in [0, 0.1) is 5.41 Å². The second-order valence-electron chi connectivity index (χ2n) is 10.1. The Kier molecular flexibility index (Phi) is 6.00. The number of likely N-dealkylation sites (tertiary alicyclic amines) is 2. The normalized spacial score (nSPS) is 24.3. The molecule has 1 spiro atoms. The number of carbonyl (C=O) groups excluding carboxylic acids is 2. The molecular weight excluding hydrogens is 412 g/mol. The van der Waals surface area contributed by atoms with Crippen molar-refractivity contribution in [1.29, 1.82) is 0 Å². The first-order valence-corrected chi connectivity index (χ1v) is 12.3. The van der Waals surface area contributed by atoms with Crippen molar-refractivity contribution in [3.05, 3.63) is 71.8 Å². The number of benzene rings is 2. The molecule has 174 valence electrons. The van der Waals surface area contributed by atoms with E-state index in [9.17, 15) is 9.59 Å².